The van der Waals surface area contributed by atoms with Crippen LogP contribution in [0.3, 0.4) is 0 Å². The van der Waals surface area contributed by atoms with Gasteiger partial charge in [0, 0.05) is 10.3 Å². The van der Waals surface area contributed by atoms with Crippen molar-refractivity contribution in [2.45, 2.75) is 52.6 Å². The maximum atomic E-state index is 3.95. The Morgan fingerprint density at radius 3 is 2.29 bits per heavy atom. The highest BCUT2D eigenvalue weighted by Crippen LogP contribution is 2.40. The van der Waals surface area contributed by atoms with Crippen LogP contribution >= 0.6 is 11.3 Å². The highest BCUT2D eigenvalue weighted by atomic mass is 32.1. The third-order valence-corrected chi connectivity index (χ3v) is 10.1. The van der Waals surface area contributed by atoms with E-state index >= 15 is 0 Å². The third kappa shape index (κ3) is 4.81. The first kappa shape index (κ1) is 19.4. The molecule has 0 amide bonds. The molecule has 0 N–H and O–H groups in total. The van der Waals surface area contributed by atoms with E-state index < -0.39 is 16.1 Å². The molecule has 1 heterocycles. The standard InChI is InChI=1S/C21H32SSi2/c1-9-13-21(2)14-12-17(16-23(3,4)5)18(15-21)19-10-11-20(22-19)24(6,7)8/h9-12,14-16H,1,13H2,2-8H3/b17-16+. The molecule has 1 aromatic heterocycles. The second-order valence-electron chi connectivity index (χ2n) is 9.27. The summed E-state index contributed by atoms with van der Waals surface area (Å²) in [5.41, 5.74) is 5.46. The molecule has 0 nitrogen and oxygen atoms in total. The molecule has 130 valence electrons. The van der Waals surface area contributed by atoms with E-state index in [1.807, 2.05) is 17.4 Å². The quantitative estimate of drug-likeness (QED) is 0.402. The zero-order chi connectivity index (χ0) is 18.2. The summed E-state index contributed by atoms with van der Waals surface area (Å²) in [7, 11) is -2.52. The minimum Gasteiger partial charge on any atom is -0.145 e. The van der Waals surface area contributed by atoms with Crippen LogP contribution in [0.2, 0.25) is 39.3 Å². The lowest BCUT2D eigenvalue weighted by Gasteiger charge is -2.28. The van der Waals surface area contributed by atoms with Crippen LogP contribution < -0.4 is 4.50 Å². The zero-order valence-corrected chi connectivity index (χ0v) is 19.2. The normalized spacial score (nSPS) is 23.5. The maximum Gasteiger partial charge on any atom is 0.0904 e. The Hall–Kier alpha value is -0.906. The molecule has 0 aromatic carbocycles. The van der Waals surface area contributed by atoms with Gasteiger partial charge in [-0.15, -0.1) is 17.9 Å². The fraction of sp³-hybridized carbons (Fsp3) is 0.429. The summed E-state index contributed by atoms with van der Waals surface area (Å²) in [6.45, 7) is 20.8. The number of rotatable bonds is 5. The second kappa shape index (κ2) is 6.77. The van der Waals surface area contributed by atoms with Crippen LogP contribution in [0, 0.1) is 5.41 Å². The molecule has 1 atom stereocenters. The van der Waals surface area contributed by atoms with E-state index in [1.165, 1.54) is 16.0 Å². The summed E-state index contributed by atoms with van der Waals surface area (Å²) in [6, 6.07) is 4.71. The smallest absolute Gasteiger partial charge is 0.0904 e. The van der Waals surface area contributed by atoms with Gasteiger partial charge in [0.15, 0.2) is 0 Å². The first-order valence-corrected chi connectivity index (χ1v) is 16.7. The van der Waals surface area contributed by atoms with E-state index in [2.05, 4.69) is 88.8 Å². The van der Waals surface area contributed by atoms with E-state index in [-0.39, 0.29) is 5.41 Å². The Morgan fingerprint density at radius 2 is 1.79 bits per heavy atom. The Morgan fingerprint density at radius 1 is 1.12 bits per heavy atom. The second-order valence-corrected chi connectivity index (χ2v) is 20.8. The highest BCUT2D eigenvalue weighted by molar-refractivity contribution is 7.27. The van der Waals surface area contributed by atoms with Crippen LogP contribution in [0.5, 0.6) is 0 Å². The van der Waals surface area contributed by atoms with Gasteiger partial charge in [-0.05, 0) is 28.1 Å². The zero-order valence-electron chi connectivity index (χ0n) is 16.4. The number of hydrogen-bond donors (Lipinski definition) is 0. The van der Waals surface area contributed by atoms with E-state index in [1.54, 1.807) is 4.50 Å². The van der Waals surface area contributed by atoms with Gasteiger partial charge in [-0.1, -0.05) is 82.3 Å². The van der Waals surface area contributed by atoms with Gasteiger partial charge in [-0.3, -0.25) is 0 Å². The Bertz CT molecular complexity index is 705. The summed E-state index contributed by atoms with van der Waals surface area (Å²) < 4.78 is 1.59. The van der Waals surface area contributed by atoms with Gasteiger partial charge in [0.25, 0.3) is 0 Å². The molecule has 0 aliphatic heterocycles. The van der Waals surface area contributed by atoms with Crippen molar-refractivity contribution in [1.29, 1.82) is 0 Å². The van der Waals surface area contributed by atoms with Crippen molar-refractivity contribution in [3.05, 3.63) is 59.2 Å². The van der Waals surface area contributed by atoms with E-state index in [0.29, 0.717) is 0 Å². The van der Waals surface area contributed by atoms with E-state index in [9.17, 15) is 0 Å². The maximum absolute atomic E-state index is 3.95. The molecule has 1 aliphatic rings. The average Bonchev–Trinajstić information content (AvgIpc) is 2.89. The molecule has 0 bridgehead atoms. The molecule has 0 radical (unpaired) electrons. The van der Waals surface area contributed by atoms with Crippen LogP contribution in [0.15, 0.2) is 54.3 Å². The van der Waals surface area contributed by atoms with Gasteiger partial charge >= 0.3 is 0 Å². The summed E-state index contributed by atoms with van der Waals surface area (Å²) in [6.07, 6.45) is 10.2. The van der Waals surface area contributed by atoms with Crippen LogP contribution in [-0.2, 0) is 0 Å². The molecule has 1 aliphatic carbocycles. The molecule has 1 unspecified atom stereocenters. The number of hydrogen-bond acceptors (Lipinski definition) is 1. The highest BCUT2D eigenvalue weighted by Gasteiger charge is 2.26. The van der Waals surface area contributed by atoms with E-state index in [4.69, 9.17) is 0 Å². The minimum absolute atomic E-state index is 0.0805. The monoisotopic (exact) mass is 372 g/mol. The lowest BCUT2D eigenvalue weighted by molar-refractivity contribution is 0.561. The average molecular weight is 373 g/mol. The fourth-order valence-electron chi connectivity index (χ4n) is 2.96. The summed E-state index contributed by atoms with van der Waals surface area (Å²) >= 11 is 2.00. The lowest BCUT2D eigenvalue weighted by Crippen LogP contribution is -2.34. The van der Waals surface area contributed by atoms with Crippen LogP contribution in [-0.4, -0.2) is 16.1 Å². The van der Waals surface area contributed by atoms with Crippen LogP contribution in [0.4, 0.5) is 0 Å². The largest absolute Gasteiger partial charge is 0.145 e. The fourth-order valence-corrected chi connectivity index (χ4v) is 7.08. The Labute approximate surface area is 154 Å². The van der Waals surface area contributed by atoms with Gasteiger partial charge in [0.2, 0.25) is 0 Å². The summed E-state index contributed by atoms with van der Waals surface area (Å²) in [5, 5.41) is 0. The number of allylic oxidation sites excluding steroid dienone is 6. The van der Waals surface area contributed by atoms with Gasteiger partial charge in [0.05, 0.1) is 16.1 Å². The first-order valence-electron chi connectivity index (χ1n) is 8.80. The molecule has 24 heavy (non-hydrogen) atoms. The van der Waals surface area contributed by atoms with Crippen molar-refractivity contribution in [1.82, 2.24) is 0 Å². The molecule has 1 aromatic rings. The molecule has 0 saturated heterocycles. The predicted molar refractivity (Wildman–Crippen MR) is 119 cm³/mol. The molecular formula is C21H32SSi2. The number of thiophene rings is 1. The Kier molecular flexibility index (Phi) is 5.48. The Balaban J connectivity index is 2.54. The summed E-state index contributed by atoms with van der Waals surface area (Å²) in [5.74, 6) is 0. The topological polar surface area (TPSA) is 0 Å². The summed E-state index contributed by atoms with van der Waals surface area (Å²) in [4.78, 5) is 1.43. The van der Waals surface area contributed by atoms with E-state index in [0.717, 1.165) is 6.42 Å². The molecule has 2 rings (SSSR count). The molecule has 0 fully saturated rings. The first-order chi connectivity index (χ1) is 10.9. The van der Waals surface area contributed by atoms with Crippen molar-refractivity contribution in [3.63, 3.8) is 0 Å². The van der Waals surface area contributed by atoms with Crippen LogP contribution in [0.1, 0.15) is 18.2 Å². The van der Waals surface area contributed by atoms with Gasteiger partial charge < -0.3 is 0 Å². The van der Waals surface area contributed by atoms with Crippen molar-refractivity contribution >= 4 is 37.6 Å². The van der Waals surface area contributed by atoms with Gasteiger partial charge in [0.1, 0.15) is 0 Å². The molecule has 0 saturated carbocycles. The van der Waals surface area contributed by atoms with Gasteiger partial charge in [-0.2, -0.15) is 0 Å². The molecular weight excluding hydrogens is 340 g/mol. The lowest BCUT2D eigenvalue weighted by atomic mass is 9.79. The SMILES string of the molecule is C=CCC1(C)C=C/C(=C\[Si](C)(C)C)C(c2ccc([Si](C)(C)C)s2)=C1. The van der Waals surface area contributed by atoms with Gasteiger partial charge in [-0.25, -0.2) is 0 Å². The minimum atomic E-state index is -1.27. The van der Waals surface area contributed by atoms with Crippen LogP contribution in [0.25, 0.3) is 5.57 Å². The molecule has 3 heteroatoms. The molecule has 0 spiro atoms. The van der Waals surface area contributed by atoms with Crippen molar-refractivity contribution in [3.8, 4) is 0 Å². The predicted octanol–water partition coefficient (Wildman–Crippen LogP) is 6.63. The van der Waals surface area contributed by atoms with Crippen molar-refractivity contribution < 1.29 is 0 Å². The van der Waals surface area contributed by atoms with Crippen molar-refractivity contribution in [2.24, 2.45) is 5.41 Å². The van der Waals surface area contributed by atoms with Crippen molar-refractivity contribution in [2.75, 3.05) is 0 Å². The third-order valence-electron chi connectivity index (χ3n) is 4.21.